The second-order valence-electron chi connectivity index (χ2n) is 6.19. The maximum absolute atomic E-state index is 9.81. The van der Waals surface area contributed by atoms with Crippen molar-refractivity contribution >= 4 is 0 Å². The van der Waals surface area contributed by atoms with Crippen LogP contribution in [0.1, 0.15) is 18.9 Å². The Labute approximate surface area is 126 Å². The molecule has 2 atom stereocenters. The number of benzene rings is 1. The monoisotopic (exact) mass is 285 g/mol. The summed E-state index contributed by atoms with van der Waals surface area (Å²) in [6, 6.07) is 13.6. The highest BCUT2D eigenvalue weighted by Crippen LogP contribution is 2.33. The Morgan fingerprint density at radius 1 is 1.29 bits per heavy atom. The van der Waals surface area contributed by atoms with Crippen LogP contribution in [-0.2, 0) is 11.3 Å². The van der Waals surface area contributed by atoms with Gasteiger partial charge in [0.2, 0.25) is 0 Å². The third-order valence-electron chi connectivity index (χ3n) is 4.77. The lowest BCUT2D eigenvalue weighted by Crippen LogP contribution is -2.54. The van der Waals surface area contributed by atoms with E-state index in [1.807, 2.05) is 6.07 Å². The average molecular weight is 285 g/mol. The molecule has 112 valence electrons. The molecule has 0 radical (unpaired) electrons. The minimum Gasteiger partial charge on any atom is -0.379 e. The van der Waals surface area contributed by atoms with Gasteiger partial charge in [-0.1, -0.05) is 30.3 Å². The molecule has 0 aliphatic carbocycles. The van der Waals surface area contributed by atoms with Crippen LogP contribution in [0, 0.1) is 11.3 Å². The van der Waals surface area contributed by atoms with E-state index < -0.39 is 0 Å². The molecule has 2 heterocycles. The van der Waals surface area contributed by atoms with Gasteiger partial charge in [-0.15, -0.1) is 0 Å². The lowest BCUT2D eigenvalue weighted by molar-refractivity contribution is -0.000881. The molecule has 21 heavy (non-hydrogen) atoms. The minimum absolute atomic E-state index is 0.335. The van der Waals surface area contributed by atoms with Crippen molar-refractivity contribution in [2.45, 2.75) is 31.5 Å². The van der Waals surface area contributed by atoms with E-state index >= 15 is 0 Å². The fourth-order valence-electron chi connectivity index (χ4n) is 3.58. The van der Waals surface area contributed by atoms with E-state index in [1.165, 1.54) is 5.56 Å². The van der Waals surface area contributed by atoms with Crippen LogP contribution >= 0.6 is 0 Å². The largest absolute Gasteiger partial charge is 0.379 e. The fourth-order valence-corrected chi connectivity index (χ4v) is 3.58. The maximum Gasteiger partial charge on any atom is 0.123 e. The van der Waals surface area contributed by atoms with E-state index in [0.29, 0.717) is 6.04 Å². The van der Waals surface area contributed by atoms with Crippen molar-refractivity contribution in [2.24, 2.45) is 0 Å². The smallest absolute Gasteiger partial charge is 0.123 e. The van der Waals surface area contributed by atoms with Gasteiger partial charge in [0.25, 0.3) is 0 Å². The highest BCUT2D eigenvalue weighted by molar-refractivity contribution is 5.19. The molecule has 1 aromatic rings. The van der Waals surface area contributed by atoms with Crippen molar-refractivity contribution in [1.82, 2.24) is 9.80 Å². The molecule has 2 aliphatic rings. The van der Waals surface area contributed by atoms with Crippen molar-refractivity contribution < 1.29 is 4.74 Å². The van der Waals surface area contributed by atoms with Gasteiger partial charge in [0, 0.05) is 32.2 Å². The molecule has 0 saturated carbocycles. The van der Waals surface area contributed by atoms with Crippen molar-refractivity contribution in [3.63, 3.8) is 0 Å². The first-order chi connectivity index (χ1) is 10.2. The number of hydrogen-bond donors (Lipinski definition) is 0. The molecule has 2 aliphatic heterocycles. The number of likely N-dealkylation sites (tertiary alicyclic amines) is 1. The Balaban J connectivity index is 1.73. The van der Waals surface area contributed by atoms with Crippen molar-refractivity contribution in [1.29, 1.82) is 5.26 Å². The molecule has 2 unspecified atom stereocenters. The maximum atomic E-state index is 9.81. The van der Waals surface area contributed by atoms with E-state index in [4.69, 9.17) is 4.74 Å². The van der Waals surface area contributed by atoms with Crippen molar-refractivity contribution in [3.05, 3.63) is 35.9 Å². The molecule has 4 nitrogen and oxygen atoms in total. The number of ether oxygens (including phenoxy) is 1. The molecule has 0 amide bonds. The number of nitriles is 1. The van der Waals surface area contributed by atoms with E-state index in [2.05, 4.69) is 47.1 Å². The van der Waals surface area contributed by atoms with Gasteiger partial charge in [0.05, 0.1) is 19.3 Å². The predicted molar refractivity (Wildman–Crippen MR) is 81.7 cm³/mol. The van der Waals surface area contributed by atoms with Gasteiger partial charge >= 0.3 is 0 Å². The number of rotatable bonds is 3. The second kappa shape index (κ2) is 6.15. The Morgan fingerprint density at radius 2 is 2.00 bits per heavy atom. The molecule has 0 spiro atoms. The van der Waals surface area contributed by atoms with Crippen LogP contribution < -0.4 is 0 Å². The summed E-state index contributed by atoms with van der Waals surface area (Å²) in [6.07, 6.45) is 0.927. The van der Waals surface area contributed by atoms with Gasteiger partial charge in [-0.05, 0) is 18.9 Å². The van der Waals surface area contributed by atoms with Crippen LogP contribution in [-0.4, -0.2) is 54.2 Å². The number of morpholine rings is 1. The van der Waals surface area contributed by atoms with E-state index in [-0.39, 0.29) is 5.54 Å². The van der Waals surface area contributed by atoms with Crippen LogP contribution in [0.3, 0.4) is 0 Å². The van der Waals surface area contributed by atoms with Crippen molar-refractivity contribution in [3.8, 4) is 6.07 Å². The van der Waals surface area contributed by atoms with Crippen LogP contribution in [0.25, 0.3) is 0 Å². The highest BCUT2D eigenvalue weighted by Gasteiger charge is 2.47. The van der Waals surface area contributed by atoms with Gasteiger partial charge in [-0.2, -0.15) is 5.26 Å². The van der Waals surface area contributed by atoms with Gasteiger partial charge in [0.15, 0.2) is 0 Å². The summed E-state index contributed by atoms with van der Waals surface area (Å²) in [6.45, 7) is 7.24. The summed E-state index contributed by atoms with van der Waals surface area (Å²) in [5, 5.41) is 9.81. The highest BCUT2D eigenvalue weighted by atomic mass is 16.5. The molecule has 1 aromatic carbocycles. The van der Waals surface area contributed by atoms with Crippen LogP contribution in [0.15, 0.2) is 30.3 Å². The molecule has 4 heteroatoms. The van der Waals surface area contributed by atoms with E-state index in [0.717, 1.165) is 45.8 Å². The molecule has 0 bridgehead atoms. The third kappa shape index (κ3) is 2.96. The Bertz CT molecular complexity index is 507. The molecular formula is C17H23N3O. The lowest BCUT2D eigenvalue weighted by atomic mass is 9.95. The first-order valence-electron chi connectivity index (χ1n) is 7.75. The zero-order valence-corrected chi connectivity index (χ0v) is 12.7. The molecule has 2 fully saturated rings. The second-order valence-corrected chi connectivity index (χ2v) is 6.19. The zero-order valence-electron chi connectivity index (χ0n) is 12.7. The lowest BCUT2D eigenvalue weighted by Gasteiger charge is -2.38. The first-order valence-corrected chi connectivity index (χ1v) is 7.75. The molecule has 2 saturated heterocycles. The fraction of sp³-hybridized carbons (Fsp3) is 0.588. The normalized spacial score (nSPS) is 31.1. The minimum atomic E-state index is -0.335. The molecule has 3 rings (SSSR count). The Morgan fingerprint density at radius 3 is 2.67 bits per heavy atom. The first kappa shape index (κ1) is 14.5. The van der Waals surface area contributed by atoms with E-state index in [1.54, 1.807) is 0 Å². The molecule has 0 aromatic heterocycles. The third-order valence-corrected chi connectivity index (χ3v) is 4.77. The molecular weight excluding hydrogens is 262 g/mol. The Kier molecular flexibility index (Phi) is 4.25. The summed E-state index contributed by atoms with van der Waals surface area (Å²) in [7, 11) is 0. The van der Waals surface area contributed by atoms with Gasteiger partial charge in [-0.3, -0.25) is 9.80 Å². The quantitative estimate of drug-likeness (QED) is 0.850. The Hall–Kier alpha value is -1.41. The van der Waals surface area contributed by atoms with Crippen LogP contribution in [0.4, 0.5) is 0 Å². The summed E-state index contributed by atoms with van der Waals surface area (Å²) in [5.74, 6) is 0. The summed E-state index contributed by atoms with van der Waals surface area (Å²) >= 11 is 0. The SMILES string of the molecule is CC1CC(C#N)(N2CCOCC2)CN1Cc1ccccc1. The number of hydrogen-bond acceptors (Lipinski definition) is 4. The standard InChI is InChI=1S/C17H23N3O/c1-15-11-17(13-18,20-7-9-21-10-8-20)14-19(15)12-16-5-3-2-4-6-16/h2-6,15H,7-12,14H2,1H3. The summed E-state index contributed by atoms with van der Waals surface area (Å²) in [5.41, 5.74) is 0.984. The van der Waals surface area contributed by atoms with Crippen LogP contribution in [0.5, 0.6) is 0 Å². The van der Waals surface area contributed by atoms with Gasteiger partial charge in [-0.25, -0.2) is 0 Å². The average Bonchev–Trinajstić information content (AvgIpc) is 2.87. The van der Waals surface area contributed by atoms with Gasteiger partial charge < -0.3 is 4.74 Å². The zero-order chi connectivity index (χ0) is 14.7. The topological polar surface area (TPSA) is 39.5 Å². The van der Waals surface area contributed by atoms with E-state index in [9.17, 15) is 5.26 Å². The molecule has 0 N–H and O–H groups in total. The summed E-state index contributed by atoms with van der Waals surface area (Å²) in [4.78, 5) is 4.77. The van der Waals surface area contributed by atoms with Crippen LogP contribution in [0.2, 0.25) is 0 Å². The van der Waals surface area contributed by atoms with Gasteiger partial charge in [0.1, 0.15) is 5.54 Å². The number of nitrogens with zero attached hydrogens (tertiary/aromatic N) is 3. The van der Waals surface area contributed by atoms with Crippen molar-refractivity contribution in [2.75, 3.05) is 32.8 Å². The summed E-state index contributed by atoms with van der Waals surface area (Å²) < 4.78 is 5.43. The predicted octanol–water partition coefficient (Wildman–Crippen LogP) is 1.88.